The number of ether oxygens (including phenoxy) is 1. The number of aromatic nitrogens is 1. The molecule has 4 heteroatoms. The van der Waals surface area contributed by atoms with Crippen LogP contribution in [0.3, 0.4) is 0 Å². The maximum absolute atomic E-state index is 11.3. The Bertz CT molecular complexity index is 367. The molecule has 0 aliphatic carbocycles. The van der Waals surface area contributed by atoms with Gasteiger partial charge in [-0.15, -0.1) is 0 Å². The highest BCUT2D eigenvalue weighted by Crippen LogP contribution is 1.94. The molecule has 0 spiro atoms. The molecule has 0 unspecified atom stereocenters. The van der Waals surface area contributed by atoms with Gasteiger partial charge in [0, 0.05) is 23.5 Å². The highest BCUT2D eigenvalue weighted by Gasteiger charge is 2.05. The first-order valence-corrected chi connectivity index (χ1v) is 3.88. The SMILES string of the molecule is COC(=O)Cc1c[nH]c(C)cc1=O. The molecule has 0 aliphatic heterocycles. The summed E-state index contributed by atoms with van der Waals surface area (Å²) < 4.78 is 4.45. The Morgan fingerprint density at radius 2 is 2.31 bits per heavy atom. The predicted molar refractivity (Wildman–Crippen MR) is 47.5 cm³/mol. The molecule has 4 nitrogen and oxygen atoms in total. The Morgan fingerprint density at radius 3 is 2.85 bits per heavy atom. The maximum atomic E-state index is 11.3. The van der Waals surface area contributed by atoms with Crippen molar-refractivity contribution in [2.45, 2.75) is 13.3 Å². The second-order valence-electron chi connectivity index (χ2n) is 2.76. The molecular formula is C9H11NO3. The molecule has 0 fully saturated rings. The summed E-state index contributed by atoms with van der Waals surface area (Å²) in [7, 11) is 1.30. The van der Waals surface area contributed by atoms with Gasteiger partial charge in [-0.3, -0.25) is 9.59 Å². The number of H-pyrrole nitrogens is 1. The van der Waals surface area contributed by atoms with E-state index in [0.29, 0.717) is 5.56 Å². The number of rotatable bonds is 2. The number of carbonyl (C=O) groups excluding carboxylic acids is 1. The molecule has 1 aromatic heterocycles. The summed E-state index contributed by atoms with van der Waals surface area (Å²) in [6, 6.07) is 1.46. The van der Waals surface area contributed by atoms with E-state index >= 15 is 0 Å². The summed E-state index contributed by atoms with van der Waals surface area (Å²) in [4.78, 5) is 25.0. The van der Waals surface area contributed by atoms with Crippen LogP contribution in [-0.2, 0) is 16.0 Å². The second-order valence-corrected chi connectivity index (χ2v) is 2.76. The Balaban J connectivity index is 2.90. The average Bonchev–Trinajstić information content (AvgIpc) is 2.09. The second kappa shape index (κ2) is 3.89. The van der Waals surface area contributed by atoms with E-state index in [4.69, 9.17) is 0 Å². The van der Waals surface area contributed by atoms with Crippen LogP contribution in [0.5, 0.6) is 0 Å². The van der Waals surface area contributed by atoms with Crippen molar-refractivity contribution >= 4 is 5.97 Å². The van der Waals surface area contributed by atoms with E-state index in [1.165, 1.54) is 19.4 Å². The Labute approximate surface area is 75.5 Å². The van der Waals surface area contributed by atoms with Gasteiger partial charge in [0.2, 0.25) is 0 Å². The topological polar surface area (TPSA) is 59.2 Å². The maximum Gasteiger partial charge on any atom is 0.310 e. The predicted octanol–water partition coefficient (Wildman–Crippen LogP) is 0.399. The fourth-order valence-electron chi connectivity index (χ4n) is 0.969. The Hall–Kier alpha value is -1.58. The molecule has 0 saturated heterocycles. The van der Waals surface area contributed by atoms with Crippen molar-refractivity contribution in [2.24, 2.45) is 0 Å². The van der Waals surface area contributed by atoms with Gasteiger partial charge in [0.25, 0.3) is 0 Å². The zero-order chi connectivity index (χ0) is 9.84. The van der Waals surface area contributed by atoms with Crippen LogP contribution in [0.25, 0.3) is 0 Å². The van der Waals surface area contributed by atoms with Crippen LogP contribution in [0.15, 0.2) is 17.1 Å². The van der Waals surface area contributed by atoms with Crippen LogP contribution in [-0.4, -0.2) is 18.1 Å². The zero-order valence-electron chi connectivity index (χ0n) is 7.59. The quantitative estimate of drug-likeness (QED) is 0.672. The van der Waals surface area contributed by atoms with Crippen LogP contribution < -0.4 is 5.43 Å². The summed E-state index contributed by atoms with van der Waals surface area (Å²) in [6.07, 6.45) is 1.56. The Morgan fingerprint density at radius 1 is 1.62 bits per heavy atom. The number of methoxy groups -OCH3 is 1. The van der Waals surface area contributed by atoms with Gasteiger partial charge in [-0.25, -0.2) is 0 Å². The standard InChI is InChI=1S/C9H11NO3/c1-6-3-8(11)7(5-10-6)4-9(12)13-2/h3,5H,4H2,1-2H3,(H,10,11). The first-order valence-electron chi connectivity index (χ1n) is 3.88. The minimum absolute atomic E-state index is 0.0200. The van der Waals surface area contributed by atoms with Gasteiger partial charge in [-0.05, 0) is 6.92 Å². The number of pyridine rings is 1. The van der Waals surface area contributed by atoms with Crippen molar-refractivity contribution < 1.29 is 9.53 Å². The number of aryl methyl sites for hydroxylation is 1. The fraction of sp³-hybridized carbons (Fsp3) is 0.333. The van der Waals surface area contributed by atoms with Gasteiger partial charge in [-0.2, -0.15) is 0 Å². The summed E-state index contributed by atoms with van der Waals surface area (Å²) in [5.74, 6) is -0.408. The molecule has 1 heterocycles. The fourth-order valence-corrected chi connectivity index (χ4v) is 0.969. The van der Waals surface area contributed by atoms with Gasteiger partial charge in [0.05, 0.1) is 13.5 Å². The van der Waals surface area contributed by atoms with Crippen LogP contribution in [0.4, 0.5) is 0 Å². The monoisotopic (exact) mass is 181 g/mol. The summed E-state index contributed by atoms with van der Waals surface area (Å²) in [6.45, 7) is 1.78. The minimum Gasteiger partial charge on any atom is -0.469 e. The number of hydrogen-bond donors (Lipinski definition) is 1. The molecule has 13 heavy (non-hydrogen) atoms. The lowest BCUT2D eigenvalue weighted by Crippen LogP contribution is -2.14. The van der Waals surface area contributed by atoms with Crippen LogP contribution in [0.1, 0.15) is 11.3 Å². The lowest BCUT2D eigenvalue weighted by molar-refractivity contribution is -0.139. The normalized spacial score (nSPS) is 9.69. The third kappa shape index (κ3) is 2.43. The lowest BCUT2D eigenvalue weighted by atomic mass is 10.2. The highest BCUT2D eigenvalue weighted by molar-refractivity contribution is 5.72. The van der Waals surface area contributed by atoms with Gasteiger partial charge in [-0.1, -0.05) is 0 Å². The van der Waals surface area contributed by atoms with Crippen molar-refractivity contribution in [3.8, 4) is 0 Å². The molecular weight excluding hydrogens is 170 g/mol. The highest BCUT2D eigenvalue weighted by atomic mass is 16.5. The van der Waals surface area contributed by atoms with E-state index in [1.807, 2.05) is 0 Å². The number of carbonyl (C=O) groups is 1. The van der Waals surface area contributed by atoms with Gasteiger partial charge < -0.3 is 9.72 Å². The molecule has 0 aromatic carbocycles. The van der Waals surface area contributed by atoms with Gasteiger partial charge >= 0.3 is 5.97 Å². The van der Waals surface area contributed by atoms with E-state index in [0.717, 1.165) is 5.69 Å². The van der Waals surface area contributed by atoms with Gasteiger partial charge in [0.1, 0.15) is 0 Å². The number of esters is 1. The third-order valence-corrected chi connectivity index (χ3v) is 1.70. The molecule has 0 saturated carbocycles. The van der Waals surface area contributed by atoms with Gasteiger partial charge in [0.15, 0.2) is 5.43 Å². The van der Waals surface area contributed by atoms with E-state index in [9.17, 15) is 9.59 Å². The third-order valence-electron chi connectivity index (χ3n) is 1.70. The molecule has 70 valence electrons. The van der Waals surface area contributed by atoms with Crippen LogP contribution in [0, 0.1) is 6.92 Å². The van der Waals surface area contributed by atoms with Crippen molar-refractivity contribution in [2.75, 3.05) is 7.11 Å². The zero-order valence-corrected chi connectivity index (χ0v) is 7.59. The molecule has 0 bridgehead atoms. The lowest BCUT2D eigenvalue weighted by Gasteiger charge is -1.99. The van der Waals surface area contributed by atoms with E-state index in [2.05, 4.69) is 9.72 Å². The summed E-state index contributed by atoms with van der Waals surface area (Å²) in [5, 5.41) is 0. The minimum atomic E-state index is -0.408. The van der Waals surface area contributed by atoms with Crippen molar-refractivity contribution in [3.05, 3.63) is 33.7 Å². The number of hydrogen-bond acceptors (Lipinski definition) is 3. The van der Waals surface area contributed by atoms with Crippen LogP contribution >= 0.6 is 0 Å². The van der Waals surface area contributed by atoms with Crippen molar-refractivity contribution in [1.29, 1.82) is 0 Å². The first-order chi connectivity index (χ1) is 6.13. The van der Waals surface area contributed by atoms with E-state index in [-0.39, 0.29) is 11.8 Å². The van der Waals surface area contributed by atoms with Crippen molar-refractivity contribution in [3.63, 3.8) is 0 Å². The number of nitrogens with one attached hydrogen (secondary N) is 1. The molecule has 0 amide bonds. The molecule has 1 aromatic rings. The summed E-state index contributed by atoms with van der Waals surface area (Å²) in [5.41, 5.74) is 1.07. The van der Waals surface area contributed by atoms with E-state index < -0.39 is 5.97 Å². The first kappa shape index (κ1) is 9.51. The largest absolute Gasteiger partial charge is 0.469 e. The number of aromatic amines is 1. The van der Waals surface area contributed by atoms with E-state index in [1.54, 1.807) is 6.92 Å². The summed E-state index contributed by atoms with van der Waals surface area (Å²) >= 11 is 0. The molecule has 0 aliphatic rings. The molecule has 1 rings (SSSR count). The Kier molecular flexibility index (Phi) is 2.84. The molecule has 1 N–H and O–H groups in total. The van der Waals surface area contributed by atoms with Crippen molar-refractivity contribution in [1.82, 2.24) is 4.98 Å². The van der Waals surface area contributed by atoms with Crippen LogP contribution in [0.2, 0.25) is 0 Å². The molecule has 0 atom stereocenters. The smallest absolute Gasteiger partial charge is 0.310 e. The average molecular weight is 181 g/mol. The molecule has 0 radical (unpaired) electrons.